The number of nitrogens with zero attached hydrogens (tertiary/aromatic N) is 2. The quantitative estimate of drug-likeness (QED) is 0.508. The van der Waals surface area contributed by atoms with E-state index >= 15 is 0 Å². The van der Waals surface area contributed by atoms with E-state index in [0.717, 1.165) is 55.0 Å². The average Bonchev–Trinajstić information content (AvgIpc) is 3.02. The van der Waals surface area contributed by atoms with Gasteiger partial charge in [0.1, 0.15) is 0 Å². The van der Waals surface area contributed by atoms with Gasteiger partial charge in [-0.05, 0) is 56.6 Å². The Bertz CT molecular complexity index is 811. The molecule has 0 spiro atoms. The maximum atomic E-state index is 13.2. The van der Waals surface area contributed by atoms with Gasteiger partial charge < -0.3 is 26.5 Å². The van der Waals surface area contributed by atoms with E-state index in [1.165, 1.54) is 25.7 Å². The molecule has 0 bridgehead atoms. The summed E-state index contributed by atoms with van der Waals surface area (Å²) in [7, 11) is 0. The van der Waals surface area contributed by atoms with Crippen molar-refractivity contribution in [1.29, 1.82) is 0 Å². The molecule has 0 saturated carbocycles. The lowest BCUT2D eigenvalue weighted by atomic mass is 9.96. The molecule has 180 valence electrons. The number of amides is 1. The van der Waals surface area contributed by atoms with Crippen molar-refractivity contribution in [3.8, 4) is 0 Å². The first-order chi connectivity index (χ1) is 14.2. The van der Waals surface area contributed by atoms with Gasteiger partial charge in [0.15, 0.2) is 0 Å². The Labute approximate surface area is 198 Å². The van der Waals surface area contributed by atoms with Crippen LogP contribution >= 0.6 is 12.4 Å². The Hall–Kier alpha value is -2.12. The molecule has 1 aliphatic heterocycles. The first-order valence-corrected chi connectivity index (χ1v) is 11.1. The van der Waals surface area contributed by atoms with E-state index in [4.69, 9.17) is 5.73 Å². The molecule has 2 aromatic carbocycles. The van der Waals surface area contributed by atoms with Gasteiger partial charge in [-0.25, -0.2) is 0 Å². The number of hydrogen-bond donors (Lipinski definition) is 1. The molecule has 7 heteroatoms. The van der Waals surface area contributed by atoms with Gasteiger partial charge in [-0.2, -0.15) is 0 Å². The van der Waals surface area contributed by atoms with Gasteiger partial charge in [-0.3, -0.25) is 4.79 Å². The molecule has 1 heterocycles. The minimum absolute atomic E-state index is 0. The molecule has 6 N–H and O–H groups in total. The smallest absolute Gasteiger partial charge is 0.255 e. The number of carbonyl (C=O) groups excluding carboxylic acids is 1. The van der Waals surface area contributed by atoms with Crippen LogP contribution in [0.5, 0.6) is 0 Å². The Morgan fingerprint density at radius 3 is 1.97 bits per heavy atom. The van der Waals surface area contributed by atoms with Crippen LogP contribution in [0.3, 0.4) is 0 Å². The summed E-state index contributed by atoms with van der Waals surface area (Å²) < 4.78 is 0. The average molecular weight is 466 g/mol. The normalized spacial score (nSPS) is 14.4. The zero-order valence-corrected chi connectivity index (χ0v) is 20.2. The number of nitrogens with two attached hydrogens (primary N) is 1. The van der Waals surface area contributed by atoms with Gasteiger partial charge in [0.05, 0.1) is 6.04 Å². The predicted molar refractivity (Wildman–Crippen MR) is 136 cm³/mol. The highest BCUT2D eigenvalue weighted by atomic mass is 35.5. The zero-order valence-electron chi connectivity index (χ0n) is 19.3. The summed E-state index contributed by atoms with van der Waals surface area (Å²) in [6, 6.07) is 15.8. The van der Waals surface area contributed by atoms with Crippen molar-refractivity contribution in [3.63, 3.8) is 0 Å². The van der Waals surface area contributed by atoms with E-state index in [2.05, 4.69) is 30.9 Å². The monoisotopic (exact) mass is 465 g/mol. The van der Waals surface area contributed by atoms with Crippen molar-refractivity contribution >= 4 is 24.0 Å². The lowest BCUT2D eigenvalue weighted by Crippen LogP contribution is -2.34. The first-order valence-electron chi connectivity index (χ1n) is 11.1. The Morgan fingerprint density at radius 2 is 1.38 bits per heavy atom. The van der Waals surface area contributed by atoms with Crippen molar-refractivity contribution in [2.24, 2.45) is 0 Å². The highest BCUT2D eigenvalue weighted by Crippen LogP contribution is 2.40. The SMILES string of the molecule is CCCCN(CCCC)CCCN1C(=O)c2ccccc2C1c1ccccc1N.Cl.O.O. The summed E-state index contributed by atoms with van der Waals surface area (Å²) in [5.41, 5.74) is 9.97. The number of nitrogen functional groups attached to an aromatic ring is 1. The minimum Gasteiger partial charge on any atom is -0.412 e. The van der Waals surface area contributed by atoms with Crippen molar-refractivity contribution in [3.05, 3.63) is 65.2 Å². The molecule has 0 saturated heterocycles. The largest absolute Gasteiger partial charge is 0.412 e. The van der Waals surface area contributed by atoms with Crippen LogP contribution in [-0.4, -0.2) is 52.8 Å². The molecular weight excluding hydrogens is 426 g/mol. The lowest BCUT2D eigenvalue weighted by Gasteiger charge is -2.28. The summed E-state index contributed by atoms with van der Waals surface area (Å²) in [4.78, 5) is 17.8. The molecule has 0 radical (unpaired) electrons. The number of para-hydroxylation sites is 1. The third-order valence-corrected chi connectivity index (χ3v) is 5.88. The molecule has 2 aromatic rings. The topological polar surface area (TPSA) is 113 Å². The zero-order chi connectivity index (χ0) is 20.6. The molecule has 3 rings (SSSR count). The van der Waals surface area contributed by atoms with E-state index in [-0.39, 0.29) is 35.3 Å². The second-order valence-electron chi connectivity index (χ2n) is 8.02. The molecule has 0 aromatic heterocycles. The number of unbranched alkanes of at least 4 members (excludes halogenated alkanes) is 2. The molecule has 1 aliphatic rings. The fourth-order valence-electron chi connectivity index (χ4n) is 4.26. The standard InChI is InChI=1S/C25H35N3O.ClH.2H2O/c1-3-5-16-27(17-6-4-2)18-11-19-28-24(22-14-9-10-15-23(22)26)20-12-7-8-13-21(20)25(28)29;;;/h7-10,12-15,24H,3-6,11,16-19,26H2,1-2H3;1H;2*1H2. The highest BCUT2D eigenvalue weighted by molar-refractivity contribution is 6.00. The molecule has 0 aliphatic carbocycles. The maximum Gasteiger partial charge on any atom is 0.255 e. The number of carbonyl (C=O) groups is 1. The van der Waals surface area contributed by atoms with Gasteiger partial charge in [0.2, 0.25) is 0 Å². The van der Waals surface area contributed by atoms with E-state index in [9.17, 15) is 4.79 Å². The molecule has 32 heavy (non-hydrogen) atoms. The Kier molecular flexibility index (Phi) is 13.9. The van der Waals surface area contributed by atoms with Crippen molar-refractivity contribution in [2.45, 2.75) is 52.0 Å². The van der Waals surface area contributed by atoms with Crippen molar-refractivity contribution in [2.75, 3.05) is 31.9 Å². The highest BCUT2D eigenvalue weighted by Gasteiger charge is 2.37. The number of fused-ring (bicyclic) bond motifs is 1. The Balaban J connectivity index is 0.00000320. The third kappa shape index (κ3) is 6.94. The molecule has 1 amide bonds. The Morgan fingerprint density at radius 1 is 0.844 bits per heavy atom. The molecule has 0 fully saturated rings. The maximum absolute atomic E-state index is 13.2. The minimum atomic E-state index is -0.0837. The van der Waals surface area contributed by atoms with Crippen LogP contribution in [0.15, 0.2) is 48.5 Å². The van der Waals surface area contributed by atoms with Gasteiger partial charge in [0, 0.05) is 23.4 Å². The second-order valence-corrected chi connectivity index (χ2v) is 8.02. The number of hydrogen-bond acceptors (Lipinski definition) is 3. The van der Waals surface area contributed by atoms with Gasteiger partial charge in [-0.15, -0.1) is 12.4 Å². The van der Waals surface area contributed by atoms with Crippen LogP contribution in [0.1, 0.15) is 73.5 Å². The summed E-state index contributed by atoms with van der Waals surface area (Å²) in [5.74, 6) is 0.127. The number of anilines is 1. The number of halogens is 1. The number of benzene rings is 2. The molecule has 1 atom stereocenters. The summed E-state index contributed by atoms with van der Waals surface area (Å²) in [6.07, 6.45) is 5.90. The summed E-state index contributed by atoms with van der Waals surface area (Å²) in [5, 5.41) is 0. The van der Waals surface area contributed by atoms with Gasteiger partial charge >= 0.3 is 0 Å². The van der Waals surface area contributed by atoms with E-state index in [0.29, 0.717) is 0 Å². The van der Waals surface area contributed by atoms with Crippen LogP contribution in [0.2, 0.25) is 0 Å². The predicted octanol–water partition coefficient (Wildman–Crippen LogP) is 3.88. The summed E-state index contributed by atoms with van der Waals surface area (Å²) in [6.45, 7) is 8.58. The molecule has 1 unspecified atom stereocenters. The van der Waals surface area contributed by atoms with E-state index in [1.807, 2.05) is 41.3 Å². The van der Waals surface area contributed by atoms with Gasteiger partial charge in [0.25, 0.3) is 5.91 Å². The molecule has 6 nitrogen and oxygen atoms in total. The number of rotatable bonds is 11. The summed E-state index contributed by atoms with van der Waals surface area (Å²) >= 11 is 0. The third-order valence-electron chi connectivity index (χ3n) is 5.88. The second kappa shape index (κ2) is 14.9. The van der Waals surface area contributed by atoms with Gasteiger partial charge in [-0.1, -0.05) is 63.1 Å². The van der Waals surface area contributed by atoms with Crippen LogP contribution in [-0.2, 0) is 0 Å². The fourth-order valence-corrected chi connectivity index (χ4v) is 4.26. The van der Waals surface area contributed by atoms with Crippen LogP contribution in [0.25, 0.3) is 0 Å². The van der Waals surface area contributed by atoms with E-state index in [1.54, 1.807) is 0 Å². The van der Waals surface area contributed by atoms with Crippen LogP contribution in [0, 0.1) is 0 Å². The van der Waals surface area contributed by atoms with Crippen LogP contribution in [0.4, 0.5) is 5.69 Å². The van der Waals surface area contributed by atoms with E-state index < -0.39 is 0 Å². The molecular formula is C25H40ClN3O3. The van der Waals surface area contributed by atoms with Crippen LogP contribution < -0.4 is 5.73 Å². The first kappa shape index (κ1) is 29.9. The fraction of sp³-hybridized carbons (Fsp3) is 0.480. The van der Waals surface area contributed by atoms with Crippen molar-refractivity contribution < 1.29 is 15.7 Å². The van der Waals surface area contributed by atoms with Crippen molar-refractivity contribution in [1.82, 2.24) is 9.80 Å². The lowest BCUT2D eigenvalue weighted by molar-refractivity contribution is 0.0741.